The van der Waals surface area contributed by atoms with E-state index in [-0.39, 0.29) is 53.5 Å². The van der Waals surface area contributed by atoms with Crippen LogP contribution in [0.4, 0.5) is 0 Å². The van der Waals surface area contributed by atoms with E-state index in [2.05, 4.69) is 15.0 Å². The fraction of sp³-hybridized carbons (Fsp3) is 0.344. The Hall–Kier alpha value is -4.65. The van der Waals surface area contributed by atoms with Crippen molar-refractivity contribution in [2.45, 2.75) is 20.8 Å². The Balaban J connectivity index is 1.87. The standard InChI is InChI=1S/C32H37N3O9/c1-18-24(42-13-12-36)9-6-21(27(18)37)30-33-31(22-7-10-25(19(2)28(22)38)43-16-14-40-4)35-32(34-30)23-8-11-26(20(3)29(23)39)44-17-15-41-5/h6-11,36-39H,12-17H2,1-5H3. The number of phenols is 3. The van der Waals surface area contributed by atoms with Gasteiger partial charge in [-0.3, -0.25) is 0 Å². The van der Waals surface area contributed by atoms with E-state index >= 15 is 0 Å². The van der Waals surface area contributed by atoms with Gasteiger partial charge in [0.2, 0.25) is 0 Å². The Morgan fingerprint density at radius 1 is 0.500 bits per heavy atom. The molecule has 0 bridgehead atoms. The fourth-order valence-corrected chi connectivity index (χ4v) is 4.42. The molecule has 44 heavy (non-hydrogen) atoms. The monoisotopic (exact) mass is 607 g/mol. The first-order valence-corrected chi connectivity index (χ1v) is 13.9. The van der Waals surface area contributed by atoms with Gasteiger partial charge in [-0.25, -0.2) is 15.0 Å². The molecule has 0 saturated carbocycles. The van der Waals surface area contributed by atoms with Crippen molar-refractivity contribution in [3.05, 3.63) is 53.1 Å². The second kappa shape index (κ2) is 14.7. The third-order valence-electron chi connectivity index (χ3n) is 6.94. The van der Waals surface area contributed by atoms with Crippen LogP contribution in [0.25, 0.3) is 34.2 Å². The topological polar surface area (TPSA) is 166 Å². The zero-order valence-corrected chi connectivity index (χ0v) is 25.4. The Morgan fingerprint density at radius 2 is 0.818 bits per heavy atom. The number of phenolic OH excluding ortho intramolecular Hbond substituents is 3. The zero-order valence-electron chi connectivity index (χ0n) is 25.4. The highest BCUT2D eigenvalue weighted by atomic mass is 16.5. The van der Waals surface area contributed by atoms with E-state index in [1.807, 2.05) is 0 Å². The third-order valence-corrected chi connectivity index (χ3v) is 6.94. The van der Waals surface area contributed by atoms with Gasteiger partial charge in [0.05, 0.1) is 36.5 Å². The van der Waals surface area contributed by atoms with Crippen LogP contribution in [0.5, 0.6) is 34.5 Å². The summed E-state index contributed by atoms with van der Waals surface area (Å²) in [6.45, 7) is 6.34. The summed E-state index contributed by atoms with van der Waals surface area (Å²) in [6.07, 6.45) is 0. The molecule has 12 heteroatoms. The Morgan fingerprint density at radius 3 is 1.11 bits per heavy atom. The number of benzene rings is 3. The van der Waals surface area contributed by atoms with Gasteiger partial charge in [0.15, 0.2) is 17.5 Å². The van der Waals surface area contributed by atoms with Gasteiger partial charge in [-0.05, 0) is 57.2 Å². The van der Waals surface area contributed by atoms with Crippen molar-refractivity contribution >= 4 is 0 Å². The molecule has 4 N–H and O–H groups in total. The maximum atomic E-state index is 11.2. The summed E-state index contributed by atoms with van der Waals surface area (Å²) in [5, 5.41) is 42.7. The molecule has 0 fully saturated rings. The van der Waals surface area contributed by atoms with Crippen molar-refractivity contribution in [2.75, 3.05) is 53.9 Å². The molecule has 4 rings (SSSR count). The summed E-state index contributed by atoms with van der Waals surface area (Å²) in [6, 6.07) is 9.89. The molecular formula is C32H37N3O9. The molecule has 234 valence electrons. The van der Waals surface area contributed by atoms with Crippen LogP contribution in [-0.4, -0.2) is 89.2 Å². The van der Waals surface area contributed by atoms with Crippen LogP contribution >= 0.6 is 0 Å². The largest absolute Gasteiger partial charge is 0.507 e. The molecule has 0 saturated heterocycles. The summed E-state index contributed by atoms with van der Waals surface area (Å²) < 4.78 is 27.1. The Labute approximate surface area is 255 Å². The van der Waals surface area contributed by atoms with Gasteiger partial charge in [-0.2, -0.15) is 0 Å². The van der Waals surface area contributed by atoms with Crippen LogP contribution in [0.15, 0.2) is 36.4 Å². The number of nitrogens with zero attached hydrogens (tertiary/aromatic N) is 3. The van der Waals surface area contributed by atoms with Crippen LogP contribution < -0.4 is 14.2 Å². The first-order chi connectivity index (χ1) is 21.2. The summed E-state index contributed by atoms with van der Waals surface area (Å²) in [5.74, 6) is 1.31. The second-order valence-electron chi connectivity index (χ2n) is 9.82. The lowest BCUT2D eigenvalue weighted by molar-refractivity contribution is 0.146. The molecule has 0 radical (unpaired) electrons. The lowest BCUT2D eigenvalue weighted by Crippen LogP contribution is -2.06. The van der Waals surface area contributed by atoms with Gasteiger partial charge < -0.3 is 44.1 Å². The molecule has 0 aliphatic heterocycles. The maximum Gasteiger partial charge on any atom is 0.167 e. The highest BCUT2D eigenvalue weighted by Gasteiger charge is 2.22. The molecule has 1 aromatic heterocycles. The number of hydrogen-bond donors (Lipinski definition) is 4. The molecule has 12 nitrogen and oxygen atoms in total. The summed E-state index contributed by atoms with van der Waals surface area (Å²) in [5.41, 5.74) is 2.23. The van der Waals surface area contributed by atoms with Gasteiger partial charge in [-0.1, -0.05) is 0 Å². The molecule has 0 spiro atoms. The van der Waals surface area contributed by atoms with Crippen LogP contribution in [0, 0.1) is 20.8 Å². The summed E-state index contributed by atoms with van der Waals surface area (Å²) >= 11 is 0. The van der Waals surface area contributed by atoms with E-state index in [0.29, 0.717) is 71.5 Å². The van der Waals surface area contributed by atoms with Crippen LogP contribution in [0.2, 0.25) is 0 Å². The molecule has 0 unspecified atom stereocenters. The quantitative estimate of drug-likeness (QED) is 0.150. The summed E-state index contributed by atoms with van der Waals surface area (Å²) in [4.78, 5) is 13.9. The van der Waals surface area contributed by atoms with Crippen molar-refractivity contribution in [2.24, 2.45) is 0 Å². The lowest BCUT2D eigenvalue weighted by atomic mass is 10.1. The minimum absolute atomic E-state index is 0.0628. The van der Waals surface area contributed by atoms with Crippen LogP contribution in [0.1, 0.15) is 16.7 Å². The third kappa shape index (κ3) is 6.94. The van der Waals surface area contributed by atoms with Crippen LogP contribution in [0.3, 0.4) is 0 Å². The number of aromatic hydroxyl groups is 3. The minimum Gasteiger partial charge on any atom is -0.507 e. The van der Waals surface area contributed by atoms with E-state index in [0.717, 1.165) is 0 Å². The molecule has 0 amide bonds. The van der Waals surface area contributed by atoms with E-state index in [9.17, 15) is 15.3 Å². The van der Waals surface area contributed by atoms with Crippen molar-refractivity contribution in [1.82, 2.24) is 15.0 Å². The molecule has 0 atom stereocenters. The van der Waals surface area contributed by atoms with E-state index < -0.39 is 0 Å². The average Bonchev–Trinajstić information content (AvgIpc) is 3.02. The number of aromatic nitrogens is 3. The minimum atomic E-state index is -0.180. The number of ether oxygens (including phenoxy) is 5. The van der Waals surface area contributed by atoms with Crippen molar-refractivity contribution in [3.63, 3.8) is 0 Å². The van der Waals surface area contributed by atoms with E-state index in [4.69, 9.17) is 28.8 Å². The van der Waals surface area contributed by atoms with Gasteiger partial charge in [0, 0.05) is 30.9 Å². The number of aliphatic hydroxyl groups is 1. The van der Waals surface area contributed by atoms with Gasteiger partial charge in [0.25, 0.3) is 0 Å². The van der Waals surface area contributed by atoms with Gasteiger partial charge in [-0.15, -0.1) is 0 Å². The average molecular weight is 608 g/mol. The first-order valence-electron chi connectivity index (χ1n) is 13.9. The molecule has 0 aliphatic carbocycles. The predicted molar refractivity (Wildman–Crippen MR) is 163 cm³/mol. The maximum absolute atomic E-state index is 11.2. The highest BCUT2D eigenvalue weighted by Crippen LogP contribution is 2.41. The molecule has 3 aromatic carbocycles. The van der Waals surface area contributed by atoms with E-state index in [1.54, 1.807) is 71.4 Å². The highest BCUT2D eigenvalue weighted by molar-refractivity contribution is 5.77. The van der Waals surface area contributed by atoms with E-state index in [1.165, 1.54) is 0 Å². The van der Waals surface area contributed by atoms with Crippen LogP contribution in [-0.2, 0) is 9.47 Å². The Bertz CT molecular complexity index is 1530. The summed E-state index contributed by atoms with van der Waals surface area (Å²) in [7, 11) is 3.14. The first kappa shape index (κ1) is 32.3. The fourth-order valence-electron chi connectivity index (χ4n) is 4.42. The lowest BCUT2D eigenvalue weighted by Gasteiger charge is -2.16. The van der Waals surface area contributed by atoms with Crippen molar-refractivity contribution in [3.8, 4) is 68.7 Å². The molecular weight excluding hydrogens is 570 g/mol. The molecule has 1 heterocycles. The predicted octanol–water partition coefficient (Wildman–Crippen LogP) is 4.34. The number of rotatable bonds is 14. The second-order valence-corrected chi connectivity index (χ2v) is 9.82. The molecule has 0 aliphatic rings. The Kier molecular flexibility index (Phi) is 10.8. The zero-order chi connectivity index (χ0) is 31.8. The van der Waals surface area contributed by atoms with Gasteiger partial charge in [0.1, 0.15) is 54.3 Å². The normalized spacial score (nSPS) is 11.0. The van der Waals surface area contributed by atoms with Gasteiger partial charge >= 0.3 is 0 Å². The number of hydrogen-bond acceptors (Lipinski definition) is 12. The number of aliphatic hydroxyl groups excluding tert-OH is 1. The SMILES string of the molecule is COCCOc1ccc(-c2nc(-c3ccc(OCCO)c(C)c3O)nc(-c3ccc(OCCOC)c(C)c3O)n2)c(O)c1C. The smallest absolute Gasteiger partial charge is 0.167 e. The molecule has 4 aromatic rings. The number of methoxy groups -OCH3 is 2. The van der Waals surface area contributed by atoms with Crippen molar-refractivity contribution < 1.29 is 44.1 Å². The van der Waals surface area contributed by atoms with Crippen molar-refractivity contribution in [1.29, 1.82) is 0 Å².